The second kappa shape index (κ2) is 9.84. The van der Waals surface area contributed by atoms with Gasteiger partial charge < -0.3 is 10.2 Å². The highest BCUT2D eigenvalue weighted by molar-refractivity contribution is 5.94. The molecule has 0 bridgehead atoms. The summed E-state index contributed by atoms with van der Waals surface area (Å²) in [6.45, 7) is 10.5. The van der Waals surface area contributed by atoms with Crippen LogP contribution in [0.3, 0.4) is 0 Å². The summed E-state index contributed by atoms with van der Waals surface area (Å²) in [7, 11) is 0. The zero-order valence-electron chi connectivity index (χ0n) is 15.5. The van der Waals surface area contributed by atoms with Crippen LogP contribution in [0.15, 0.2) is 54.6 Å². The predicted octanol–water partition coefficient (Wildman–Crippen LogP) is 3.99. The van der Waals surface area contributed by atoms with Crippen LogP contribution in [0.5, 0.6) is 0 Å². The second-order valence-corrected chi connectivity index (χ2v) is 6.06. The van der Waals surface area contributed by atoms with Crippen molar-refractivity contribution < 1.29 is 4.79 Å². The summed E-state index contributed by atoms with van der Waals surface area (Å²) in [5, 5.41) is 3.03. The first-order chi connectivity index (χ1) is 12.2. The lowest BCUT2D eigenvalue weighted by Crippen LogP contribution is -2.33. The van der Waals surface area contributed by atoms with Crippen LogP contribution < -0.4 is 10.2 Å². The van der Waals surface area contributed by atoms with Crippen LogP contribution in [0.25, 0.3) is 0 Å². The van der Waals surface area contributed by atoms with Crippen molar-refractivity contribution in [2.45, 2.75) is 27.3 Å². The molecule has 0 aliphatic rings. The van der Waals surface area contributed by atoms with Crippen molar-refractivity contribution in [1.82, 2.24) is 4.90 Å². The minimum Gasteiger partial charge on any atom is -0.362 e. The van der Waals surface area contributed by atoms with Crippen molar-refractivity contribution in [2.24, 2.45) is 0 Å². The number of benzene rings is 2. The lowest BCUT2D eigenvalue weighted by Gasteiger charge is -2.22. The van der Waals surface area contributed by atoms with Gasteiger partial charge in [-0.3, -0.25) is 9.69 Å². The van der Waals surface area contributed by atoms with E-state index in [2.05, 4.69) is 48.0 Å². The van der Waals surface area contributed by atoms with Gasteiger partial charge in [0, 0.05) is 24.5 Å². The number of carbonyl (C=O) groups is 1. The number of amides is 1. The average Bonchev–Trinajstić information content (AvgIpc) is 2.65. The molecule has 1 amide bonds. The maximum absolute atomic E-state index is 12.4. The van der Waals surface area contributed by atoms with Crippen molar-refractivity contribution in [3.05, 3.63) is 60.2 Å². The Labute approximate surface area is 151 Å². The van der Waals surface area contributed by atoms with Gasteiger partial charge in [0.05, 0.1) is 6.54 Å². The Morgan fingerprint density at radius 2 is 1.64 bits per heavy atom. The zero-order valence-corrected chi connectivity index (χ0v) is 15.5. The third-order valence-corrected chi connectivity index (χ3v) is 4.35. The molecule has 0 aliphatic heterocycles. The van der Waals surface area contributed by atoms with Crippen molar-refractivity contribution >= 4 is 17.3 Å². The molecule has 0 fully saturated rings. The van der Waals surface area contributed by atoms with E-state index >= 15 is 0 Å². The highest BCUT2D eigenvalue weighted by atomic mass is 16.2. The molecule has 0 unspecified atom stereocenters. The summed E-state index contributed by atoms with van der Waals surface area (Å²) in [6.07, 6.45) is 0. The summed E-state index contributed by atoms with van der Waals surface area (Å²) < 4.78 is 0. The van der Waals surface area contributed by atoms with Crippen molar-refractivity contribution in [1.29, 1.82) is 0 Å². The van der Waals surface area contributed by atoms with Crippen LogP contribution in [0.1, 0.15) is 26.3 Å². The van der Waals surface area contributed by atoms with Crippen LogP contribution in [0.4, 0.5) is 11.4 Å². The largest absolute Gasteiger partial charge is 0.362 e. The Morgan fingerprint density at radius 3 is 2.28 bits per heavy atom. The summed E-state index contributed by atoms with van der Waals surface area (Å²) in [5.41, 5.74) is 3.14. The van der Waals surface area contributed by atoms with E-state index in [1.165, 1.54) is 5.56 Å². The van der Waals surface area contributed by atoms with Crippen LogP contribution in [0.2, 0.25) is 0 Å². The first-order valence-corrected chi connectivity index (χ1v) is 9.07. The van der Waals surface area contributed by atoms with Gasteiger partial charge in [-0.25, -0.2) is 0 Å². The summed E-state index contributed by atoms with van der Waals surface area (Å²) in [4.78, 5) is 16.9. The van der Waals surface area contributed by atoms with E-state index in [0.29, 0.717) is 6.54 Å². The quantitative estimate of drug-likeness (QED) is 0.750. The third-order valence-electron chi connectivity index (χ3n) is 4.35. The molecule has 0 heterocycles. The summed E-state index contributed by atoms with van der Waals surface area (Å²) in [5.74, 6) is 0.00527. The molecule has 134 valence electrons. The Morgan fingerprint density at radius 1 is 0.920 bits per heavy atom. The first kappa shape index (κ1) is 19.0. The minimum absolute atomic E-state index is 0.00527. The number of carbonyl (C=O) groups excluding carboxylic acids is 1. The molecule has 2 aromatic rings. The minimum atomic E-state index is 0.00527. The molecule has 4 nitrogen and oxygen atoms in total. The van der Waals surface area contributed by atoms with Crippen LogP contribution in [-0.2, 0) is 11.3 Å². The average molecular weight is 339 g/mol. The number of hydrogen-bond acceptors (Lipinski definition) is 3. The van der Waals surface area contributed by atoms with E-state index < -0.39 is 0 Å². The number of nitrogens with one attached hydrogen (secondary N) is 1. The van der Waals surface area contributed by atoms with Gasteiger partial charge in [-0.15, -0.1) is 0 Å². The molecular formula is C21H29N3O. The molecule has 2 aromatic carbocycles. The van der Waals surface area contributed by atoms with Gasteiger partial charge in [0.15, 0.2) is 0 Å². The molecule has 0 spiro atoms. The fourth-order valence-electron chi connectivity index (χ4n) is 2.85. The Hall–Kier alpha value is -2.33. The van der Waals surface area contributed by atoms with Crippen LogP contribution in [-0.4, -0.2) is 37.0 Å². The number of likely N-dealkylation sites (N-methyl/N-ethyl adjacent to an activating group) is 1. The Bertz CT molecular complexity index is 653. The molecule has 4 heteroatoms. The van der Waals surface area contributed by atoms with E-state index in [-0.39, 0.29) is 5.91 Å². The SMILES string of the molecule is CCN(CC)Cc1cccc(NC(=O)CN(CC)c2ccccc2)c1. The van der Waals surface area contributed by atoms with Gasteiger partial charge >= 0.3 is 0 Å². The van der Waals surface area contributed by atoms with Gasteiger partial charge in [-0.05, 0) is 49.8 Å². The molecule has 0 radical (unpaired) electrons. The molecule has 2 rings (SSSR count). The topological polar surface area (TPSA) is 35.6 Å². The second-order valence-electron chi connectivity index (χ2n) is 6.06. The molecule has 0 aromatic heterocycles. The maximum Gasteiger partial charge on any atom is 0.243 e. The number of anilines is 2. The van der Waals surface area contributed by atoms with E-state index in [4.69, 9.17) is 0 Å². The molecule has 1 N–H and O–H groups in total. The van der Waals surface area contributed by atoms with E-state index in [0.717, 1.165) is 37.6 Å². The molecule has 0 aliphatic carbocycles. The lowest BCUT2D eigenvalue weighted by atomic mass is 10.2. The van der Waals surface area contributed by atoms with Crippen molar-refractivity contribution in [3.63, 3.8) is 0 Å². The molecular weight excluding hydrogens is 310 g/mol. The van der Waals surface area contributed by atoms with Crippen LogP contribution in [0, 0.1) is 0 Å². The number of rotatable bonds is 9. The Balaban J connectivity index is 1.98. The highest BCUT2D eigenvalue weighted by Crippen LogP contribution is 2.15. The normalized spacial score (nSPS) is 10.7. The maximum atomic E-state index is 12.4. The summed E-state index contributed by atoms with van der Waals surface area (Å²) >= 11 is 0. The number of nitrogens with zero attached hydrogens (tertiary/aromatic N) is 2. The van der Waals surface area contributed by atoms with Gasteiger partial charge in [-0.2, -0.15) is 0 Å². The van der Waals surface area contributed by atoms with Crippen molar-refractivity contribution in [3.8, 4) is 0 Å². The third kappa shape index (κ3) is 5.91. The van der Waals surface area contributed by atoms with Crippen molar-refractivity contribution in [2.75, 3.05) is 36.4 Å². The van der Waals surface area contributed by atoms with E-state index in [1.807, 2.05) is 42.5 Å². The fraction of sp³-hybridized carbons (Fsp3) is 0.381. The van der Waals surface area contributed by atoms with Gasteiger partial charge in [0.2, 0.25) is 5.91 Å². The molecule has 0 atom stereocenters. The van der Waals surface area contributed by atoms with E-state index in [1.54, 1.807) is 0 Å². The van der Waals surface area contributed by atoms with Gasteiger partial charge in [0.1, 0.15) is 0 Å². The number of para-hydroxylation sites is 1. The summed E-state index contributed by atoms with van der Waals surface area (Å²) in [6, 6.07) is 18.2. The zero-order chi connectivity index (χ0) is 18.1. The molecule has 0 saturated heterocycles. The Kier molecular flexibility index (Phi) is 7.48. The van der Waals surface area contributed by atoms with Gasteiger partial charge in [0.25, 0.3) is 0 Å². The smallest absolute Gasteiger partial charge is 0.243 e. The lowest BCUT2D eigenvalue weighted by molar-refractivity contribution is -0.115. The standard InChI is InChI=1S/C21H29N3O/c1-4-23(5-2)16-18-11-10-12-19(15-18)22-21(25)17-24(6-3)20-13-8-7-9-14-20/h7-15H,4-6,16-17H2,1-3H3,(H,22,25). The predicted molar refractivity (Wildman–Crippen MR) is 106 cm³/mol. The number of hydrogen-bond donors (Lipinski definition) is 1. The monoisotopic (exact) mass is 339 g/mol. The van der Waals surface area contributed by atoms with Gasteiger partial charge in [-0.1, -0.05) is 44.2 Å². The fourth-order valence-corrected chi connectivity index (χ4v) is 2.85. The molecule has 0 saturated carbocycles. The van der Waals surface area contributed by atoms with Crippen LogP contribution >= 0.6 is 0 Å². The molecule has 25 heavy (non-hydrogen) atoms. The first-order valence-electron chi connectivity index (χ1n) is 9.07. The van der Waals surface area contributed by atoms with E-state index in [9.17, 15) is 4.79 Å². The highest BCUT2D eigenvalue weighted by Gasteiger charge is 2.10.